The van der Waals surface area contributed by atoms with Gasteiger partial charge in [-0.1, -0.05) is 22.0 Å². The summed E-state index contributed by atoms with van der Waals surface area (Å²) < 4.78 is 25.4. The highest BCUT2D eigenvalue weighted by molar-refractivity contribution is 9.10. The molecule has 2 amide bonds. The Kier molecular flexibility index (Phi) is 9.85. The van der Waals surface area contributed by atoms with Crippen molar-refractivity contribution >= 4 is 39.3 Å². The van der Waals surface area contributed by atoms with Crippen LogP contribution in [0.3, 0.4) is 0 Å². The summed E-state index contributed by atoms with van der Waals surface area (Å²) in [7, 11) is 1.42. The molecule has 1 fully saturated rings. The number of nitrogens with one attached hydrogen (secondary N) is 1. The summed E-state index contributed by atoms with van der Waals surface area (Å²) >= 11 is 3.30. The van der Waals surface area contributed by atoms with Gasteiger partial charge >= 0.3 is 6.09 Å². The van der Waals surface area contributed by atoms with Gasteiger partial charge < -0.3 is 25.4 Å². The minimum atomic E-state index is -0.543. The minimum Gasteiger partial charge on any atom is -0.496 e. The summed E-state index contributed by atoms with van der Waals surface area (Å²) in [4.78, 5) is 34.1. The van der Waals surface area contributed by atoms with Crippen LogP contribution in [0.15, 0.2) is 53.1 Å². The van der Waals surface area contributed by atoms with Crippen LogP contribution in [0, 0.1) is 5.82 Å². The van der Waals surface area contributed by atoms with Crippen LogP contribution in [-0.2, 0) is 4.74 Å². The van der Waals surface area contributed by atoms with Crippen molar-refractivity contribution in [3.63, 3.8) is 0 Å². The number of nitrogens with zero attached hydrogens (tertiary/aromatic N) is 3. The van der Waals surface area contributed by atoms with E-state index in [9.17, 15) is 14.0 Å². The van der Waals surface area contributed by atoms with Crippen LogP contribution in [-0.4, -0.2) is 52.2 Å². The Balaban J connectivity index is 0.000000272. The van der Waals surface area contributed by atoms with E-state index in [4.69, 9.17) is 15.2 Å². The molecule has 3 aromatic rings. The smallest absolute Gasteiger partial charge is 0.410 e. The summed E-state index contributed by atoms with van der Waals surface area (Å²) in [6, 6.07) is 11.3. The largest absolute Gasteiger partial charge is 0.496 e. The van der Waals surface area contributed by atoms with E-state index in [0.717, 1.165) is 23.9 Å². The lowest BCUT2D eigenvalue weighted by Gasteiger charge is -2.26. The zero-order valence-electron chi connectivity index (χ0n) is 22.6. The molecule has 11 heteroatoms. The van der Waals surface area contributed by atoms with Crippen molar-refractivity contribution in [3.05, 3.63) is 64.6 Å². The maximum atomic E-state index is 14.2. The monoisotopic (exact) mass is 601 g/mol. The van der Waals surface area contributed by atoms with Crippen molar-refractivity contribution in [1.82, 2.24) is 14.9 Å². The highest BCUT2D eigenvalue weighted by Crippen LogP contribution is 2.30. The highest BCUT2D eigenvalue weighted by Gasteiger charge is 2.29. The number of anilines is 2. The van der Waals surface area contributed by atoms with Gasteiger partial charge in [-0.05, 0) is 76.9 Å². The van der Waals surface area contributed by atoms with Crippen molar-refractivity contribution in [2.24, 2.45) is 0 Å². The molecule has 208 valence electrons. The number of ether oxygens (including phenoxy) is 2. The number of rotatable bonds is 4. The molecular weight excluding hydrogens is 569 g/mol. The van der Waals surface area contributed by atoms with E-state index in [0.29, 0.717) is 17.4 Å². The summed E-state index contributed by atoms with van der Waals surface area (Å²) in [6.07, 6.45) is 3.41. The van der Waals surface area contributed by atoms with Gasteiger partial charge in [-0.25, -0.2) is 19.2 Å². The van der Waals surface area contributed by atoms with Gasteiger partial charge in [0.1, 0.15) is 22.9 Å². The van der Waals surface area contributed by atoms with Crippen molar-refractivity contribution in [2.45, 2.75) is 52.2 Å². The van der Waals surface area contributed by atoms with E-state index in [1.807, 2.05) is 25.7 Å². The van der Waals surface area contributed by atoms with Crippen LogP contribution in [0.2, 0.25) is 0 Å². The van der Waals surface area contributed by atoms with Crippen LogP contribution in [0.25, 0.3) is 11.4 Å². The number of carbonyl (C=O) groups excluding carboxylic acids is 2. The number of halogens is 2. The van der Waals surface area contributed by atoms with Crippen molar-refractivity contribution < 1.29 is 23.5 Å². The quantitative estimate of drug-likeness (QED) is 0.337. The van der Waals surface area contributed by atoms with Crippen molar-refractivity contribution in [2.75, 3.05) is 24.7 Å². The van der Waals surface area contributed by atoms with E-state index in [1.165, 1.54) is 31.5 Å². The maximum absolute atomic E-state index is 14.2. The zero-order valence-corrected chi connectivity index (χ0v) is 24.2. The molecule has 2 heterocycles. The number of nitrogen functional groups attached to an aromatic ring is 1. The molecule has 0 bridgehead atoms. The number of amides is 2. The van der Waals surface area contributed by atoms with E-state index in [2.05, 4.69) is 38.1 Å². The molecule has 0 radical (unpaired) electrons. The number of methoxy groups -OCH3 is 1. The molecule has 2 aromatic carbocycles. The predicted molar refractivity (Wildman–Crippen MR) is 152 cm³/mol. The first-order valence-corrected chi connectivity index (χ1v) is 13.2. The number of nitrogens with two attached hydrogens (primary N) is 1. The minimum absolute atomic E-state index is 0.0522. The maximum Gasteiger partial charge on any atom is 0.410 e. The molecule has 3 N–H and O–H groups in total. The summed E-state index contributed by atoms with van der Waals surface area (Å²) in [5, 5.41) is 2.68. The van der Waals surface area contributed by atoms with Gasteiger partial charge in [0.25, 0.3) is 5.91 Å². The Morgan fingerprint density at radius 2 is 1.95 bits per heavy atom. The van der Waals surface area contributed by atoms with E-state index in [-0.39, 0.29) is 34.5 Å². The Morgan fingerprint density at radius 3 is 2.56 bits per heavy atom. The molecule has 9 nitrogen and oxygen atoms in total. The standard InChI is InChI=1S/C18H14BrFN4O2.C10H19NO2/c1-26-15-4-2-3-11(20)16(15)17-22-8-7-14(23-17)18(25)24-13-6-5-10(19)9-12(13)21;1-8-6-5-7-11(8)9(12)13-10(2,3)4/h2-9H,21H2,1H3,(H,24,25);8H,5-7H2,1-4H3/t;8-/m.1/s1. The lowest BCUT2D eigenvalue weighted by atomic mass is 10.1. The molecule has 0 saturated carbocycles. The van der Waals surface area contributed by atoms with Gasteiger partial charge in [0.2, 0.25) is 0 Å². The fourth-order valence-corrected chi connectivity index (χ4v) is 4.23. The molecule has 1 aliphatic rings. The molecule has 1 saturated heterocycles. The average molecular weight is 603 g/mol. The molecule has 1 aliphatic heterocycles. The first kappa shape index (κ1) is 29.8. The van der Waals surface area contributed by atoms with Gasteiger partial charge in [-0.2, -0.15) is 0 Å². The Morgan fingerprint density at radius 1 is 1.21 bits per heavy atom. The molecule has 39 heavy (non-hydrogen) atoms. The lowest BCUT2D eigenvalue weighted by Crippen LogP contribution is -2.38. The van der Waals surface area contributed by atoms with Gasteiger partial charge in [-0.3, -0.25) is 4.79 Å². The molecule has 0 aliphatic carbocycles. The van der Waals surface area contributed by atoms with Crippen LogP contribution in [0.1, 0.15) is 51.0 Å². The van der Waals surface area contributed by atoms with Gasteiger partial charge in [0, 0.05) is 23.3 Å². The Hall–Kier alpha value is -3.73. The number of hydrogen-bond acceptors (Lipinski definition) is 7. The van der Waals surface area contributed by atoms with Crippen LogP contribution < -0.4 is 15.8 Å². The zero-order chi connectivity index (χ0) is 28.7. The van der Waals surface area contributed by atoms with E-state index < -0.39 is 11.7 Å². The normalized spacial score (nSPS) is 14.7. The lowest BCUT2D eigenvalue weighted by molar-refractivity contribution is 0.0239. The van der Waals surface area contributed by atoms with Crippen LogP contribution in [0.5, 0.6) is 5.75 Å². The third kappa shape index (κ3) is 8.13. The topological polar surface area (TPSA) is 120 Å². The number of likely N-dealkylation sites (tertiary alicyclic amines) is 1. The number of carbonyl (C=O) groups is 2. The number of benzene rings is 2. The second-order valence-electron chi connectivity index (χ2n) is 9.93. The average Bonchev–Trinajstić information content (AvgIpc) is 3.31. The van der Waals surface area contributed by atoms with Crippen LogP contribution in [0.4, 0.5) is 20.6 Å². The van der Waals surface area contributed by atoms with Crippen molar-refractivity contribution in [3.8, 4) is 17.1 Å². The van der Waals surface area contributed by atoms with E-state index in [1.54, 1.807) is 24.3 Å². The Labute approximate surface area is 236 Å². The van der Waals surface area contributed by atoms with Gasteiger partial charge in [0.05, 0.1) is 24.0 Å². The molecule has 1 aromatic heterocycles. The first-order valence-electron chi connectivity index (χ1n) is 12.4. The van der Waals surface area contributed by atoms with Crippen molar-refractivity contribution in [1.29, 1.82) is 0 Å². The fraction of sp³-hybridized carbons (Fsp3) is 0.357. The third-order valence-corrected chi connectivity index (χ3v) is 6.24. The van der Waals surface area contributed by atoms with Gasteiger partial charge in [0.15, 0.2) is 5.82 Å². The third-order valence-electron chi connectivity index (χ3n) is 5.75. The number of hydrogen-bond donors (Lipinski definition) is 2. The summed E-state index contributed by atoms with van der Waals surface area (Å²) in [5.41, 5.74) is 6.52. The second-order valence-corrected chi connectivity index (χ2v) is 10.8. The second kappa shape index (κ2) is 12.9. The molecule has 1 atom stereocenters. The Bertz CT molecular complexity index is 1330. The number of aromatic nitrogens is 2. The SMILES string of the molecule is COc1cccc(F)c1-c1nccc(C(=O)Nc2ccc(Br)cc2N)n1.C[C@@H]1CCCN1C(=O)OC(C)(C)C. The molecule has 0 unspecified atom stereocenters. The summed E-state index contributed by atoms with van der Waals surface area (Å²) in [6.45, 7) is 8.59. The molecule has 4 rings (SSSR count). The van der Waals surface area contributed by atoms with Gasteiger partial charge in [-0.15, -0.1) is 0 Å². The predicted octanol–water partition coefficient (Wildman–Crippen LogP) is 6.29. The fourth-order valence-electron chi connectivity index (χ4n) is 3.86. The van der Waals surface area contributed by atoms with E-state index >= 15 is 0 Å². The highest BCUT2D eigenvalue weighted by atomic mass is 79.9. The summed E-state index contributed by atoms with van der Waals surface area (Å²) in [5.74, 6) is -0.701. The first-order chi connectivity index (χ1) is 18.4. The van der Waals surface area contributed by atoms with Crippen LogP contribution >= 0.6 is 15.9 Å². The molecular formula is C28H33BrFN5O4. The molecule has 0 spiro atoms.